The van der Waals surface area contributed by atoms with Gasteiger partial charge in [0.05, 0.1) is 6.61 Å². The van der Waals surface area contributed by atoms with Crippen LogP contribution in [-0.4, -0.2) is 16.7 Å². The normalized spacial score (nSPS) is 10.0. The number of nitrogens with one attached hydrogen (secondary N) is 1. The first-order valence-corrected chi connectivity index (χ1v) is 2.98. The minimum Gasteiger partial charge on any atom is -0.392 e. The van der Waals surface area contributed by atoms with Crippen molar-refractivity contribution in [1.29, 1.82) is 0 Å². The van der Waals surface area contributed by atoms with E-state index in [0.29, 0.717) is 6.54 Å². The molecule has 0 bridgehead atoms. The van der Waals surface area contributed by atoms with Crippen LogP contribution in [0.1, 0.15) is 5.69 Å². The van der Waals surface area contributed by atoms with Gasteiger partial charge in [0, 0.05) is 6.92 Å². The Morgan fingerprint density at radius 3 is 3.00 bits per heavy atom. The molecule has 1 heterocycles. The van der Waals surface area contributed by atoms with Crippen molar-refractivity contribution >= 4 is 0 Å². The topological polar surface area (TPSA) is 39.9 Å². The molecule has 0 atom stereocenters. The number of aryl methyl sites for hydroxylation is 1. The van der Waals surface area contributed by atoms with Crippen LogP contribution in [0.25, 0.3) is 0 Å². The van der Waals surface area contributed by atoms with Gasteiger partial charge in [-0.25, -0.2) is 9.55 Å². The van der Waals surface area contributed by atoms with E-state index in [0.717, 1.165) is 5.69 Å². The lowest BCUT2D eigenvalue weighted by Gasteiger charge is -1.85. The fourth-order valence-electron chi connectivity index (χ4n) is 0.753. The molecule has 3 heteroatoms. The molecular weight excluding hydrogens is 116 g/mol. The molecule has 0 saturated carbocycles. The van der Waals surface area contributed by atoms with Crippen molar-refractivity contribution < 1.29 is 9.67 Å². The summed E-state index contributed by atoms with van der Waals surface area (Å²) >= 11 is 0. The van der Waals surface area contributed by atoms with Gasteiger partial charge in [-0.2, -0.15) is 0 Å². The number of aliphatic hydroxyl groups is 1. The zero-order chi connectivity index (χ0) is 6.69. The lowest BCUT2D eigenvalue weighted by Crippen LogP contribution is -2.32. The van der Waals surface area contributed by atoms with E-state index in [-0.39, 0.29) is 6.61 Å². The Labute approximate surface area is 54.0 Å². The van der Waals surface area contributed by atoms with E-state index in [1.807, 2.05) is 24.0 Å². The molecule has 0 fully saturated rings. The summed E-state index contributed by atoms with van der Waals surface area (Å²) in [4.78, 5) is 3.01. The minimum atomic E-state index is 0.196. The average molecular weight is 127 g/mol. The van der Waals surface area contributed by atoms with Crippen LogP contribution in [0.5, 0.6) is 0 Å². The second kappa shape index (κ2) is 2.64. The summed E-state index contributed by atoms with van der Waals surface area (Å²) in [5.41, 5.74) is 1.11. The lowest BCUT2D eigenvalue weighted by atomic mass is 10.5. The van der Waals surface area contributed by atoms with E-state index < -0.39 is 0 Å². The molecule has 0 spiro atoms. The number of hydrogen-bond acceptors (Lipinski definition) is 1. The van der Waals surface area contributed by atoms with Crippen LogP contribution in [0, 0.1) is 6.92 Å². The molecule has 1 rings (SSSR count). The molecule has 1 aromatic rings. The molecule has 50 valence electrons. The van der Waals surface area contributed by atoms with Gasteiger partial charge in [-0.05, 0) is 0 Å². The first kappa shape index (κ1) is 6.29. The second-order valence-corrected chi connectivity index (χ2v) is 2.05. The van der Waals surface area contributed by atoms with E-state index in [9.17, 15) is 0 Å². The Kier molecular flexibility index (Phi) is 1.85. The quantitative estimate of drug-likeness (QED) is 0.521. The third-order valence-corrected chi connectivity index (χ3v) is 1.18. The molecule has 0 aliphatic heterocycles. The molecule has 9 heavy (non-hydrogen) atoms. The maximum absolute atomic E-state index is 8.49. The Balaban J connectivity index is 2.61. The van der Waals surface area contributed by atoms with Crippen molar-refractivity contribution in [2.45, 2.75) is 13.5 Å². The number of hydrogen-bond donors (Lipinski definition) is 2. The Morgan fingerprint density at radius 1 is 1.78 bits per heavy atom. The molecule has 2 N–H and O–H groups in total. The number of rotatable bonds is 2. The maximum atomic E-state index is 8.49. The number of nitrogens with zero attached hydrogens (tertiary/aromatic N) is 1. The summed E-state index contributed by atoms with van der Waals surface area (Å²) in [6, 6.07) is 0. The summed E-state index contributed by atoms with van der Waals surface area (Å²) in [7, 11) is 0. The molecule has 0 aliphatic carbocycles. The highest BCUT2D eigenvalue weighted by Gasteiger charge is 1.97. The first-order valence-electron chi connectivity index (χ1n) is 2.98. The van der Waals surface area contributed by atoms with Crippen molar-refractivity contribution in [3.8, 4) is 0 Å². The zero-order valence-electron chi connectivity index (χ0n) is 5.46. The number of aromatic nitrogens is 2. The van der Waals surface area contributed by atoms with Crippen molar-refractivity contribution in [3.63, 3.8) is 0 Å². The number of aromatic amines is 1. The van der Waals surface area contributed by atoms with Gasteiger partial charge in [-0.3, -0.25) is 0 Å². The van der Waals surface area contributed by atoms with E-state index in [2.05, 4.69) is 4.98 Å². The van der Waals surface area contributed by atoms with Crippen molar-refractivity contribution in [1.82, 2.24) is 4.98 Å². The van der Waals surface area contributed by atoms with Crippen molar-refractivity contribution in [3.05, 3.63) is 18.2 Å². The van der Waals surface area contributed by atoms with Gasteiger partial charge >= 0.3 is 0 Å². The van der Waals surface area contributed by atoms with E-state index in [1.165, 1.54) is 0 Å². The first-order chi connectivity index (χ1) is 4.33. The van der Waals surface area contributed by atoms with E-state index >= 15 is 0 Å². The number of aliphatic hydroxyl groups excluding tert-OH is 1. The van der Waals surface area contributed by atoms with Crippen LogP contribution in [0.4, 0.5) is 0 Å². The van der Waals surface area contributed by atoms with Gasteiger partial charge in [0.1, 0.15) is 18.4 Å². The zero-order valence-corrected chi connectivity index (χ0v) is 5.46. The van der Waals surface area contributed by atoms with Gasteiger partial charge in [0.2, 0.25) is 6.33 Å². The highest BCUT2D eigenvalue weighted by Crippen LogP contribution is 1.81. The van der Waals surface area contributed by atoms with Crippen LogP contribution in [0.2, 0.25) is 0 Å². The number of imidazole rings is 1. The SMILES string of the molecule is Cc1c[n+](CCO)c[nH]1. The summed E-state index contributed by atoms with van der Waals surface area (Å²) in [5, 5.41) is 8.49. The molecule has 0 amide bonds. The summed E-state index contributed by atoms with van der Waals surface area (Å²) in [5.74, 6) is 0. The maximum Gasteiger partial charge on any atom is 0.241 e. The largest absolute Gasteiger partial charge is 0.392 e. The van der Waals surface area contributed by atoms with Gasteiger partial charge < -0.3 is 5.11 Å². The predicted molar refractivity (Wildman–Crippen MR) is 32.8 cm³/mol. The minimum absolute atomic E-state index is 0.196. The third-order valence-electron chi connectivity index (χ3n) is 1.18. The molecule has 0 aromatic carbocycles. The number of H-pyrrole nitrogens is 1. The fourth-order valence-corrected chi connectivity index (χ4v) is 0.753. The Morgan fingerprint density at radius 2 is 2.56 bits per heavy atom. The summed E-state index contributed by atoms with van der Waals surface area (Å²) in [6.07, 6.45) is 3.79. The van der Waals surface area contributed by atoms with Gasteiger partial charge in [0.15, 0.2) is 0 Å². The van der Waals surface area contributed by atoms with Gasteiger partial charge in [-0.15, -0.1) is 0 Å². The van der Waals surface area contributed by atoms with Gasteiger partial charge in [0.25, 0.3) is 0 Å². The standard InChI is InChI=1S/C6H10N2O/c1-6-4-8(2-3-9)5-7-6/h4-5,9H,2-3H2,1H3/p+1. The molecule has 0 unspecified atom stereocenters. The lowest BCUT2D eigenvalue weighted by molar-refractivity contribution is -0.697. The monoisotopic (exact) mass is 127 g/mol. The molecule has 0 aliphatic rings. The van der Waals surface area contributed by atoms with E-state index in [1.54, 1.807) is 0 Å². The summed E-state index contributed by atoms with van der Waals surface area (Å²) in [6.45, 7) is 2.85. The molecule has 1 aromatic heterocycles. The molecule has 3 nitrogen and oxygen atoms in total. The third kappa shape index (κ3) is 1.54. The highest BCUT2D eigenvalue weighted by atomic mass is 16.3. The van der Waals surface area contributed by atoms with Crippen LogP contribution < -0.4 is 4.57 Å². The molecule has 0 saturated heterocycles. The van der Waals surface area contributed by atoms with Crippen LogP contribution >= 0.6 is 0 Å². The van der Waals surface area contributed by atoms with E-state index in [4.69, 9.17) is 5.11 Å². The van der Waals surface area contributed by atoms with Gasteiger partial charge in [-0.1, -0.05) is 0 Å². The molecule has 0 radical (unpaired) electrons. The van der Waals surface area contributed by atoms with Crippen LogP contribution in [0.3, 0.4) is 0 Å². The summed E-state index contributed by atoms with van der Waals surface area (Å²) < 4.78 is 1.91. The predicted octanol–water partition coefficient (Wildman–Crippen LogP) is -0.397. The Hall–Kier alpha value is -0.830. The highest BCUT2D eigenvalue weighted by molar-refractivity contribution is 4.82. The van der Waals surface area contributed by atoms with Crippen molar-refractivity contribution in [2.24, 2.45) is 0 Å². The smallest absolute Gasteiger partial charge is 0.241 e. The second-order valence-electron chi connectivity index (χ2n) is 2.05. The van der Waals surface area contributed by atoms with Crippen LogP contribution in [0.15, 0.2) is 12.5 Å². The van der Waals surface area contributed by atoms with Crippen LogP contribution in [-0.2, 0) is 6.54 Å². The average Bonchev–Trinajstić information content (AvgIpc) is 2.17. The van der Waals surface area contributed by atoms with Crippen molar-refractivity contribution in [2.75, 3.05) is 6.61 Å². The molecular formula is C6H11N2O+. The Bertz CT molecular complexity index is 183. The fraction of sp³-hybridized carbons (Fsp3) is 0.500.